The Morgan fingerprint density at radius 1 is 1.03 bits per heavy atom. The number of benzene rings is 2. The van der Waals surface area contributed by atoms with Crippen LogP contribution in [-0.4, -0.2) is 50.2 Å². The molecule has 2 aromatic rings. The number of aliphatic hydroxyl groups is 1. The number of halogens is 3. The van der Waals surface area contributed by atoms with E-state index in [1.54, 1.807) is 19.1 Å². The highest BCUT2D eigenvalue weighted by Gasteiger charge is 2.26. The van der Waals surface area contributed by atoms with E-state index in [0.29, 0.717) is 40.5 Å². The fraction of sp³-hybridized carbons (Fsp3) is 0.478. The van der Waals surface area contributed by atoms with Crippen molar-refractivity contribution in [1.29, 1.82) is 0 Å². The molecule has 0 fully saturated rings. The first-order valence-electron chi connectivity index (χ1n) is 10.3. The van der Waals surface area contributed by atoms with Gasteiger partial charge in [-0.1, -0.05) is 56.1 Å². The number of alkyl halides is 1. The van der Waals surface area contributed by atoms with E-state index in [-0.39, 0.29) is 18.1 Å². The second kappa shape index (κ2) is 11.8. The topological polar surface area (TPSA) is 72.8 Å². The van der Waals surface area contributed by atoms with Crippen molar-refractivity contribution in [1.82, 2.24) is 0 Å². The zero-order valence-electron chi connectivity index (χ0n) is 18.4. The van der Waals surface area contributed by atoms with Crippen LogP contribution < -0.4 is 9.47 Å². The van der Waals surface area contributed by atoms with Crippen molar-refractivity contribution in [2.24, 2.45) is 0 Å². The molecule has 0 amide bonds. The molecular weight excluding hydrogens is 495 g/mol. The predicted octanol–water partition coefficient (Wildman–Crippen LogP) is 5.50. The lowest BCUT2D eigenvalue weighted by Gasteiger charge is -2.27. The fourth-order valence-electron chi connectivity index (χ4n) is 3.07. The van der Waals surface area contributed by atoms with E-state index >= 15 is 0 Å². The number of hydrogen-bond donors (Lipinski definition) is 1. The molecule has 0 saturated heterocycles. The molecule has 2 rings (SSSR count). The molecule has 0 spiro atoms. The number of aliphatic hydroxyl groups excluding tert-OH is 1. The van der Waals surface area contributed by atoms with Crippen molar-refractivity contribution in [3.05, 3.63) is 57.6 Å². The maximum atomic E-state index is 11.6. The van der Waals surface area contributed by atoms with Crippen LogP contribution in [0.1, 0.15) is 38.3 Å². The van der Waals surface area contributed by atoms with Gasteiger partial charge in [-0.25, -0.2) is 8.42 Å². The third-order valence-corrected chi connectivity index (χ3v) is 7.75. The van der Waals surface area contributed by atoms with E-state index < -0.39 is 21.4 Å². The minimum absolute atomic E-state index is 0.0115. The summed E-state index contributed by atoms with van der Waals surface area (Å²) in [5.41, 5.74) is 1.52. The molecule has 9 heteroatoms. The number of ether oxygens (including phenoxy) is 2. The first kappa shape index (κ1) is 27.1. The van der Waals surface area contributed by atoms with Gasteiger partial charge < -0.3 is 14.6 Å². The van der Waals surface area contributed by atoms with Crippen LogP contribution in [-0.2, 0) is 15.3 Å². The quantitative estimate of drug-likeness (QED) is 0.294. The van der Waals surface area contributed by atoms with Gasteiger partial charge in [-0.3, -0.25) is 0 Å². The molecule has 0 saturated carbocycles. The molecule has 1 N–H and O–H groups in total. The van der Waals surface area contributed by atoms with Crippen molar-refractivity contribution in [2.45, 2.75) is 38.7 Å². The molecule has 0 heterocycles. The Labute approximate surface area is 205 Å². The van der Waals surface area contributed by atoms with Gasteiger partial charge in [0.15, 0.2) is 15.6 Å². The standard InChI is InChI=1S/C23H29Cl3O5S/c1-4-32(28,29)15-18(27)14-31-19-8-6-16(7-9-19)23(2,3)17-12-20(25)22(21(26)13-17)30-11-5-10-24/h6-9,12-13,18,27H,4-5,10-11,14-15H2,1-3H3/t18-/m0/s1. The summed E-state index contributed by atoms with van der Waals surface area (Å²) in [4.78, 5) is 0. The van der Waals surface area contributed by atoms with Crippen LogP contribution in [0, 0.1) is 0 Å². The Balaban J connectivity index is 2.11. The van der Waals surface area contributed by atoms with Gasteiger partial charge in [0.2, 0.25) is 0 Å². The summed E-state index contributed by atoms with van der Waals surface area (Å²) in [6, 6.07) is 11.1. The number of sulfone groups is 1. The first-order chi connectivity index (χ1) is 15.0. The van der Waals surface area contributed by atoms with E-state index in [9.17, 15) is 13.5 Å². The minimum atomic E-state index is -3.26. The molecule has 178 valence electrons. The minimum Gasteiger partial charge on any atom is -0.491 e. The average molecular weight is 524 g/mol. The van der Waals surface area contributed by atoms with Crippen LogP contribution in [0.4, 0.5) is 0 Å². The smallest absolute Gasteiger partial charge is 0.156 e. The Morgan fingerprint density at radius 3 is 2.16 bits per heavy atom. The molecule has 5 nitrogen and oxygen atoms in total. The second-order valence-corrected chi connectivity index (χ2v) is 11.6. The number of rotatable bonds is 12. The molecule has 0 radical (unpaired) electrons. The fourth-order valence-corrected chi connectivity index (χ4v) is 4.70. The average Bonchev–Trinajstić information content (AvgIpc) is 2.74. The number of hydrogen-bond acceptors (Lipinski definition) is 5. The molecule has 0 aliphatic rings. The van der Waals surface area contributed by atoms with Crippen molar-refractivity contribution >= 4 is 44.6 Å². The SMILES string of the molecule is CCS(=O)(=O)C[C@@H](O)COc1ccc(C(C)(C)c2cc(Cl)c(OCCCCl)c(Cl)c2)cc1. The second-order valence-electron chi connectivity index (χ2n) is 7.97. The summed E-state index contributed by atoms with van der Waals surface area (Å²) in [7, 11) is -3.26. The summed E-state index contributed by atoms with van der Waals surface area (Å²) < 4.78 is 34.4. The van der Waals surface area contributed by atoms with Crippen LogP contribution in [0.25, 0.3) is 0 Å². The molecule has 0 aliphatic carbocycles. The van der Waals surface area contributed by atoms with Gasteiger partial charge in [-0.2, -0.15) is 0 Å². The van der Waals surface area contributed by atoms with Gasteiger partial charge in [0.25, 0.3) is 0 Å². The van der Waals surface area contributed by atoms with Gasteiger partial charge >= 0.3 is 0 Å². The summed E-state index contributed by atoms with van der Waals surface area (Å²) in [6.07, 6.45) is -0.382. The summed E-state index contributed by atoms with van der Waals surface area (Å²) in [5.74, 6) is 1.16. The van der Waals surface area contributed by atoms with Crippen LogP contribution in [0.3, 0.4) is 0 Å². The van der Waals surface area contributed by atoms with Crippen LogP contribution in [0.15, 0.2) is 36.4 Å². The lowest BCUT2D eigenvalue weighted by molar-refractivity contribution is 0.125. The van der Waals surface area contributed by atoms with E-state index in [2.05, 4.69) is 13.8 Å². The van der Waals surface area contributed by atoms with Crippen LogP contribution in [0.2, 0.25) is 10.0 Å². The van der Waals surface area contributed by atoms with E-state index in [1.165, 1.54) is 0 Å². The van der Waals surface area contributed by atoms with Crippen LogP contribution >= 0.6 is 34.8 Å². The summed E-state index contributed by atoms with van der Waals surface area (Å²) >= 11 is 18.5. The highest BCUT2D eigenvalue weighted by Crippen LogP contribution is 2.40. The molecule has 1 atom stereocenters. The molecule has 0 aromatic heterocycles. The molecule has 0 unspecified atom stereocenters. The van der Waals surface area contributed by atoms with Gasteiger partial charge in [0.05, 0.1) is 22.4 Å². The zero-order chi connectivity index (χ0) is 23.9. The Kier molecular flexibility index (Phi) is 9.98. The van der Waals surface area contributed by atoms with Crippen molar-refractivity contribution in [3.63, 3.8) is 0 Å². The van der Waals surface area contributed by atoms with E-state index in [0.717, 1.165) is 11.1 Å². The van der Waals surface area contributed by atoms with Crippen molar-refractivity contribution < 1.29 is 23.0 Å². The van der Waals surface area contributed by atoms with Crippen LogP contribution in [0.5, 0.6) is 11.5 Å². The summed E-state index contributed by atoms with van der Waals surface area (Å²) in [6.45, 7) is 5.99. The molecular formula is C23H29Cl3O5S. The third-order valence-electron chi connectivity index (χ3n) is 5.15. The highest BCUT2D eigenvalue weighted by atomic mass is 35.5. The Bertz CT molecular complexity index is 968. The monoisotopic (exact) mass is 522 g/mol. The molecule has 32 heavy (non-hydrogen) atoms. The Hall–Kier alpha value is -1.18. The van der Waals surface area contributed by atoms with E-state index in [4.69, 9.17) is 44.3 Å². The van der Waals surface area contributed by atoms with Gasteiger partial charge in [0.1, 0.15) is 18.5 Å². The van der Waals surface area contributed by atoms with Crippen molar-refractivity contribution in [2.75, 3.05) is 30.6 Å². The molecule has 0 bridgehead atoms. The lowest BCUT2D eigenvalue weighted by Crippen LogP contribution is -2.28. The molecule has 2 aromatic carbocycles. The third kappa shape index (κ3) is 7.42. The van der Waals surface area contributed by atoms with E-state index in [1.807, 2.05) is 24.3 Å². The molecule has 0 aliphatic heterocycles. The maximum absolute atomic E-state index is 11.6. The Morgan fingerprint density at radius 2 is 1.62 bits per heavy atom. The first-order valence-corrected chi connectivity index (χ1v) is 13.4. The zero-order valence-corrected chi connectivity index (χ0v) is 21.5. The largest absolute Gasteiger partial charge is 0.491 e. The highest BCUT2D eigenvalue weighted by molar-refractivity contribution is 7.91. The normalized spacial score (nSPS) is 13.1. The van der Waals surface area contributed by atoms with Gasteiger partial charge in [0, 0.05) is 17.0 Å². The van der Waals surface area contributed by atoms with Gasteiger partial charge in [-0.15, -0.1) is 11.6 Å². The predicted molar refractivity (Wildman–Crippen MR) is 132 cm³/mol. The maximum Gasteiger partial charge on any atom is 0.156 e. The summed E-state index contributed by atoms with van der Waals surface area (Å²) in [5, 5.41) is 10.8. The lowest BCUT2D eigenvalue weighted by atomic mass is 9.78. The van der Waals surface area contributed by atoms with Gasteiger partial charge in [-0.05, 0) is 41.8 Å². The van der Waals surface area contributed by atoms with Crippen molar-refractivity contribution in [3.8, 4) is 11.5 Å².